The van der Waals surface area contributed by atoms with Crippen LogP contribution < -0.4 is 4.72 Å². The topological polar surface area (TPSA) is 130 Å². The Labute approximate surface area is 115 Å². The first-order valence-corrected chi connectivity index (χ1v) is 6.84. The van der Waals surface area contributed by atoms with Gasteiger partial charge in [-0.05, 0) is 18.2 Å². The number of carbonyl (C=O) groups excluding carboxylic acids is 1. The van der Waals surface area contributed by atoms with E-state index in [0.717, 1.165) is 13.2 Å². The number of hydrogen-bond donors (Lipinski definition) is 3. The van der Waals surface area contributed by atoms with Gasteiger partial charge < -0.3 is 14.9 Å². The molecule has 0 spiro atoms. The fourth-order valence-corrected chi connectivity index (χ4v) is 2.58. The lowest BCUT2D eigenvalue weighted by Gasteiger charge is -2.14. The number of aliphatic hydroxyl groups excluding tert-OH is 1. The molecule has 0 saturated heterocycles. The molecule has 0 aliphatic carbocycles. The molecule has 20 heavy (non-hydrogen) atoms. The van der Waals surface area contributed by atoms with Crippen molar-refractivity contribution in [2.45, 2.75) is 10.9 Å². The highest BCUT2D eigenvalue weighted by molar-refractivity contribution is 7.89. The van der Waals surface area contributed by atoms with Gasteiger partial charge in [-0.1, -0.05) is 6.07 Å². The smallest absolute Gasteiger partial charge is 0.335 e. The predicted octanol–water partition coefficient (Wildman–Crippen LogP) is -0.803. The zero-order valence-corrected chi connectivity index (χ0v) is 11.3. The van der Waals surface area contributed by atoms with Crippen LogP contribution in [0, 0.1) is 0 Å². The molecule has 1 aromatic carbocycles. The van der Waals surface area contributed by atoms with E-state index in [2.05, 4.69) is 4.74 Å². The van der Waals surface area contributed by atoms with E-state index < -0.39 is 34.6 Å². The maximum atomic E-state index is 12.0. The molecule has 0 bridgehead atoms. The molecule has 0 aliphatic rings. The molecule has 0 aromatic heterocycles. The van der Waals surface area contributed by atoms with Gasteiger partial charge in [0.25, 0.3) is 0 Å². The fraction of sp³-hybridized carbons (Fsp3) is 0.273. The van der Waals surface area contributed by atoms with E-state index in [0.29, 0.717) is 0 Å². The van der Waals surface area contributed by atoms with E-state index in [1.807, 2.05) is 4.72 Å². The summed E-state index contributed by atoms with van der Waals surface area (Å²) in [5, 5.41) is 17.8. The van der Waals surface area contributed by atoms with Crippen molar-refractivity contribution in [1.82, 2.24) is 4.72 Å². The molecule has 9 heteroatoms. The van der Waals surface area contributed by atoms with Gasteiger partial charge in [-0.3, -0.25) is 4.79 Å². The van der Waals surface area contributed by atoms with Crippen molar-refractivity contribution in [3.05, 3.63) is 29.8 Å². The van der Waals surface area contributed by atoms with Crippen molar-refractivity contribution >= 4 is 22.0 Å². The number of carboxylic acid groups (broad SMARTS) is 1. The monoisotopic (exact) mass is 303 g/mol. The van der Waals surface area contributed by atoms with E-state index in [1.165, 1.54) is 18.2 Å². The largest absolute Gasteiger partial charge is 0.478 e. The number of sulfonamides is 1. The molecule has 1 aromatic rings. The number of aromatic carboxylic acids is 1. The Kier molecular flexibility index (Phi) is 5.19. The molecular formula is C11H13NO7S. The first-order chi connectivity index (χ1) is 9.31. The van der Waals surface area contributed by atoms with Crippen molar-refractivity contribution in [2.24, 2.45) is 0 Å². The van der Waals surface area contributed by atoms with E-state index >= 15 is 0 Å². The first kappa shape index (κ1) is 16.1. The third-order valence-corrected chi connectivity index (χ3v) is 3.83. The van der Waals surface area contributed by atoms with Crippen LogP contribution in [0.15, 0.2) is 29.2 Å². The number of hydrogen-bond acceptors (Lipinski definition) is 6. The van der Waals surface area contributed by atoms with Crippen LogP contribution in [0.5, 0.6) is 0 Å². The van der Waals surface area contributed by atoms with Gasteiger partial charge in [0, 0.05) is 0 Å². The number of carbonyl (C=O) groups is 2. The van der Waals surface area contributed by atoms with Gasteiger partial charge in [-0.15, -0.1) is 0 Å². The second kappa shape index (κ2) is 6.46. The van der Waals surface area contributed by atoms with Crippen molar-refractivity contribution in [1.29, 1.82) is 0 Å². The minimum atomic E-state index is -4.16. The van der Waals surface area contributed by atoms with Gasteiger partial charge in [0.2, 0.25) is 10.0 Å². The quantitative estimate of drug-likeness (QED) is 0.586. The van der Waals surface area contributed by atoms with E-state index in [-0.39, 0.29) is 10.5 Å². The van der Waals surface area contributed by atoms with E-state index in [1.54, 1.807) is 0 Å². The minimum Gasteiger partial charge on any atom is -0.478 e. The average Bonchev–Trinajstić information content (AvgIpc) is 2.44. The number of rotatable bonds is 6. The Morgan fingerprint density at radius 3 is 2.55 bits per heavy atom. The summed E-state index contributed by atoms with van der Waals surface area (Å²) in [6.45, 7) is -0.787. The Bertz CT molecular complexity index is 611. The molecular weight excluding hydrogens is 290 g/mol. The normalized spacial score (nSPS) is 12.7. The number of carboxylic acids is 1. The molecule has 0 heterocycles. The number of ether oxygens (including phenoxy) is 1. The third-order valence-electron chi connectivity index (χ3n) is 2.36. The predicted molar refractivity (Wildman–Crippen MR) is 66.6 cm³/mol. The molecule has 0 amide bonds. The molecule has 1 atom stereocenters. The van der Waals surface area contributed by atoms with Gasteiger partial charge in [0.15, 0.2) is 0 Å². The zero-order chi connectivity index (χ0) is 15.3. The van der Waals surface area contributed by atoms with Crippen LogP contribution in [-0.4, -0.2) is 50.3 Å². The van der Waals surface area contributed by atoms with Gasteiger partial charge in [0.05, 0.1) is 24.2 Å². The molecule has 0 radical (unpaired) electrons. The van der Waals surface area contributed by atoms with Crippen LogP contribution in [0.3, 0.4) is 0 Å². The van der Waals surface area contributed by atoms with Crippen molar-refractivity contribution in [2.75, 3.05) is 13.7 Å². The van der Waals surface area contributed by atoms with Crippen LogP contribution in [-0.2, 0) is 19.6 Å². The maximum Gasteiger partial charge on any atom is 0.335 e. The average molecular weight is 303 g/mol. The van der Waals surface area contributed by atoms with Gasteiger partial charge in [-0.25, -0.2) is 13.2 Å². The summed E-state index contributed by atoms with van der Waals surface area (Å²) in [7, 11) is -3.11. The molecule has 8 nitrogen and oxygen atoms in total. The second-order valence-electron chi connectivity index (χ2n) is 3.71. The van der Waals surface area contributed by atoms with Crippen molar-refractivity contribution in [3.63, 3.8) is 0 Å². The standard InChI is InChI=1S/C11H13NO7S/c1-19-11(16)9(6-13)12-20(17,18)8-4-2-3-7(5-8)10(14)15/h2-5,9,12-13H,6H2,1H3,(H,14,15). The van der Waals surface area contributed by atoms with Crippen molar-refractivity contribution < 1.29 is 33.0 Å². The summed E-state index contributed by atoms with van der Waals surface area (Å²) in [6.07, 6.45) is 0. The highest BCUT2D eigenvalue weighted by Crippen LogP contribution is 2.12. The molecule has 1 rings (SSSR count). The lowest BCUT2D eigenvalue weighted by molar-refractivity contribution is -0.143. The van der Waals surface area contributed by atoms with Crippen molar-refractivity contribution in [3.8, 4) is 0 Å². The zero-order valence-electron chi connectivity index (χ0n) is 10.4. The Balaban J connectivity index is 3.07. The number of benzene rings is 1. The molecule has 110 valence electrons. The third kappa shape index (κ3) is 3.76. The van der Waals surface area contributed by atoms with Crippen LogP contribution in [0.4, 0.5) is 0 Å². The van der Waals surface area contributed by atoms with Crippen LogP contribution in [0.1, 0.15) is 10.4 Å². The summed E-state index contributed by atoms with van der Waals surface area (Å²) in [4.78, 5) is 21.7. The summed E-state index contributed by atoms with van der Waals surface area (Å²) in [5.41, 5.74) is -0.216. The number of esters is 1. The SMILES string of the molecule is COC(=O)C(CO)NS(=O)(=O)c1cccc(C(=O)O)c1. The molecule has 3 N–H and O–H groups in total. The molecule has 1 unspecified atom stereocenters. The number of methoxy groups -OCH3 is 1. The lowest BCUT2D eigenvalue weighted by Crippen LogP contribution is -2.43. The summed E-state index contributed by atoms with van der Waals surface area (Å²) in [6, 6.07) is 3.13. The first-order valence-electron chi connectivity index (χ1n) is 5.36. The molecule has 0 aliphatic heterocycles. The molecule has 0 saturated carbocycles. The second-order valence-corrected chi connectivity index (χ2v) is 5.43. The highest BCUT2D eigenvalue weighted by Gasteiger charge is 2.26. The number of nitrogens with one attached hydrogen (secondary N) is 1. The van der Waals surface area contributed by atoms with Gasteiger partial charge in [-0.2, -0.15) is 4.72 Å². The Morgan fingerprint density at radius 2 is 2.05 bits per heavy atom. The lowest BCUT2D eigenvalue weighted by atomic mass is 10.2. The van der Waals surface area contributed by atoms with Crippen LogP contribution in [0.25, 0.3) is 0 Å². The maximum absolute atomic E-state index is 12.0. The highest BCUT2D eigenvalue weighted by atomic mass is 32.2. The van der Waals surface area contributed by atoms with Crippen LogP contribution >= 0.6 is 0 Å². The van der Waals surface area contributed by atoms with E-state index in [4.69, 9.17) is 10.2 Å². The van der Waals surface area contributed by atoms with Crippen LogP contribution in [0.2, 0.25) is 0 Å². The van der Waals surface area contributed by atoms with E-state index in [9.17, 15) is 18.0 Å². The summed E-state index contributed by atoms with van der Waals surface area (Å²) < 4.78 is 30.2. The number of aliphatic hydroxyl groups is 1. The van der Waals surface area contributed by atoms with Gasteiger partial charge >= 0.3 is 11.9 Å². The van der Waals surface area contributed by atoms with Gasteiger partial charge in [0.1, 0.15) is 6.04 Å². The Morgan fingerprint density at radius 1 is 1.40 bits per heavy atom. The summed E-state index contributed by atoms with van der Waals surface area (Å²) in [5.74, 6) is -2.24. The minimum absolute atomic E-state index is 0.216. The fourth-order valence-electron chi connectivity index (χ4n) is 1.35. The Hall–Kier alpha value is -1.97. The summed E-state index contributed by atoms with van der Waals surface area (Å²) >= 11 is 0. The molecule has 0 fully saturated rings.